The van der Waals surface area contributed by atoms with Crippen LogP contribution in [-0.4, -0.2) is 17.6 Å². The zero-order valence-corrected chi connectivity index (χ0v) is 14.6. The Balaban J connectivity index is 2.36. The van der Waals surface area contributed by atoms with Crippen LogP contribution in [0.5, 0.6) is 0 Å². The fourth-order valence-corrected chi connectivity index (χ4v) is 2.34. The molecule has 2 rings (SSSR count). The molecule has 1 aromatic carbocycles. The molecule has 0 unspecified atom stereocenters. The highest BCUT2D eigenvalue weighted by atomic mass is 79.9. The van der Waals surface area contributed by atoms with Gasteiger partial charge in [-0.3, -0.25) is 0 Å². The van der Waals surface area contributed by atoms with Crippen molar-refractivity contribution in [2.75, 3.05) is 6.61 Å². The minimum Gasteiger partial charge on any atom is -0.461 e. The van der Waals surface area contributed by atoms with Crippen LogP contribution in [0.1, 0.15) is 35.8 Å². The first-order chi connectivity index (χ1) is 11.1. The first kappa shape index (κ1) is 17.3. The highest BCUT2D eigenvalue weighted by Gasteiger charge is 2.17. The third kappa shape index (κ3) is 4.22. The minimum atomic E-state index is -0.624. The van der Waals surface area contributed by atoms with Crippen LogP contribution in [0.25, 0.3) is 11.3 Å². The Labute approximate surface area is 143 Å². The summed E-state index contributed by atoms with van der Waals surface area (Å²) in [6.45, 7) is 4.28. The number of esters is 1. The lowest BCUT2D eigenvalue weighted by molar-refractivity contribution is 0.0494. The summed E-state index contributed by atoms with van der Waals surface area (Å²) in [5.41, 5.74) is 2.45. The quantitative estimate of drug-likeness (QED) is 0.395. The number of halogens is 1. The standard InChI is InChI=1S/C17H17BrN2O3/c1-3-4-9-23-17(21)16-15(20-22)8-7-14(19-16)12-6-5-11(2)13(18)10-12/h5-8,10H,3-4,9H2,1-2H3. The summed E-state index contributed by atoms with van der Waals surface area (Å²) in [7, 11) is 0. The number of carbonyl (C=O) groups is 1. The highest BCUT2D eigenvalue weighted by Crippen LogP contribution is 2.27. The molecule has 0 radical (unpaired) electrons. The van der Waals surface area contributed by atoms with Crippen LogP contribution >= 0.6 is 15.9 Å². The van der Waals surface area contributed by atoms with Crippen molar-refractivity contribution in [2.24, 2.45) is 5.18 Å². The molecule has 0 fully saturated rings. The summed E-state index contributed by atoms with van der Waals surface area (Å²) in [5, 5.41) is 2.86. The summed E-state index contributed by atoms with van der Waals surface area (Å²) in [4.78, 5) is 27.3. The molecule has 120 valence electrons. The summed E-state index contributed by atoms with van der Waals surface area (Å²) in [6.07, 6.45) is 1.68. The topological polar surface area (TPSA) is 68.6 Å². The van der Waals surface area contributed by atoms with Crippen molar-refractivity contribution in [2.45, 2.75) is 26.7 Å². The number of nitroso groups, excluding NO2 is 1. The lowest BCUT2D eigenvalue weighted by atomic mass is 10.1. The van der Waals surface area contributed by atoms with Gasteiger partial charge in [0, 0.05) is 10.0 Å². The normalized spacial score (nSPS) is 10.4. The Bertz CT molecular complexity index is 732. The third-order valence-electron chi connectivity index (χ3n) is 3.36. The van der Waals surface area contributed by atoms with E-state index in [1.54, 1.807) is 6.07 Å². The summed E-state index contributed by atoms with van der Waals surface area (Å²) in [6, 6.07) is 8.92. The molecular formula is C17H17BrN2O3. The molecule has 1 heterocycles. The third-order valence-corrected chi connectivity index (χ3v) is 4.22. The van der Waals surface area contributed by atoms with Gasteiger partial charge in [-0.1, -0.05) is 41.4 Å². The second-order valence-corrected chi connectivity index (χ2v) is 5.96. The molecule has 6 heteroatoms. The zero-order valence-electron chi connectivity index (χ0n) is 13.0. The Kier molecular flexibility index (Phi) is 5.98. The predicted octanol–water partition coefficient (Wildman–Crippen LogP) is 5.17. The van der Waals surface area contributed by atoms with E-state index in [4.69, 9.17) is 4.74 Å². The second kappa shape index (κ2) is 7.97. The first-order valence-corrected chi connectivity index (χ1v) is 8.14. The number of nitrogens with zero attached hydrogens (tertiary/aromatic N) is 2. The second-order valence-electron chi connectivity index (χ2n) is 5.11. The zero-order chi connectivity index (χ0) is 16.8. The van der Waals surface area contributed by atoms with Crippen LogP contribution in [0.3, 0.4) is 0 Å². The Hall–Kier alpha value is -2.08. The molecule has 0 saturated heterocycles. The molecule has 23 heavy (non-hydrogen) atoms. The van der Waals surface area contributed by atoms with Crippen LogP contribution in [0.4, 0.5) is 5.69 Å². The average Bonchev–Trinajstić information content (AvgIpc) is 2.57. The number of hydrogen-bond donors (Lipinski definition) is 0. The monoisotopic (exact) mass is 376 g/mol. The molecule has 5 nitrogen and oxygen atoms in total. The van der Waals surface area contributed by atoms with Crippen molar-refractivity contribution in [3.8, 4) is 11.3 Å². The SMILES string of the molecule is CCCCOC(=O)c1nc(-c2ccc(C)c(Br)c2)ccc1N=O. The number of benzene rings is 1. The molecule has 0 bridgehead atoms. The van der Waals surface area contributed by atoms with Gasteiger partial charge < -0.3 is 4.74 Å². The van der Waals surface area contributed by atoms with E-state index in [0.29, 0.717) is 12.3 Å². The van der Waals surface area contributed by atoms with E-state index in [1.165, 1.54) is 6.07 Å². The number of pyridine rings is 1. The number of rotatable bonds is 6. The molecule has 0 N–H and O–H groups in total. The molecule has 1 aromatic heterocycles. The van der Waals surface area contributed by atoms with Gasteiger partial charge in [0.15, 0.2) is 5.69 Å². The van der Waals surface area contributed by atoms with Gasteiger partial charge in [0.05, 0.1) is 12.3 Å². The maximum Gasteiger partial charge on any atom is 0.359 e. The fraction of sp³-hybridized carbons (Fsp3) is 0.294. The predicted molar refractivity (Wildman–Crippen MR) is 92.8 cm³/mol. The van der Waals surface area contributed by atoms with E-state index in [2.05, 4.69) is 26.1 Å². The van der Waals surface area contributed by atoms with Gasteiger partial charge >= 0.3 is 5.97 Å². The Morgan fingerprint density at radius 2 is 2.09 bits per heavy atom. The van der Waals surface area contributed by atoms with Gasteiger partial charge in [-0.2, -0.15) is 0 Å². The van der Waals surface area contributed by atoms with E-state index in [0.717, 1.165) is 28.4 Å². The number of unbranched alkanes of at least 4 members (excludes halogenated alkanes) is 1. The summed E-state index contributed by atoms with van der Waals surface area (Å²) in [5.74, 6) is -0.624. The van der Waals surface area contributed by atoms with Crippen LogP contribution in [-0.2, 0) is 4.74 Å². The first-order valence-electron chi connectivity index (χ1n) is 7.35. The molecular weight excluding hydrogens is 360 g/mol. The van der Waals surface area contributed by atoms with Gasteiger partial charge in [0.25, 0.3) is 0 Å². The van der Waals surface area contributed by atoms with Crippen LogP contribution in [0.15, 0.2) is 40.0 Å². The number of ether oxygens (including phenoxy) is 1. The molecule has 0 aliphatic carbocycles. The molecule has 0 saturated carbocycles. The average molecular weight is 377 g/mol. The molecule has 0 atom stereocenters. The lowest BCUT2D eigenvalue weighted by Gasteiger charge is -2.08. The van der Waals surface area contributed by atoms with E-state index < -0.39 is 5.97 Å². The summed E-state index contributed by atoms with van der Waals surface area (Å²) < 4.78 is 6.08. The largest absolute Gasteiger partial charge is 0.461 e. The summed E-state index contributed by atoms with van der Waals surface area (Å²) >= 11 is 3.47. The van der Waals surface area contributed by atoms with Crippen molar-refractivity contribution in [1.29, 1.82) is 0 Å². The molecule has 0 amide bonds. The van der Waals surface area contributed by atoms with Crippen LogP contribution in [0.2, 0.25) is 0 Å². The van der Waals surface area contributed by atoms with E-state index in [1.807, 2.05) is 32.0 Å². The Morgan fingerprint density at radius 3 is 2.74 bits per heavy atom. The molecule has 0 spiro atoms. The fourth-order valence-electron chi connectivity index (χ4n) is 1.97. The van der Waals surface area contributed by atoms with E-state index in [9.17, 15) is 9.70 Å². The maximum absolute atomic E-state index is 12.1. The van der Waals surface area contributed by atoms with E-state index in [-0.39, 0.29) is 11.4 Å². The number of aromatic nitrogens is 1. The van der Waals surface area contributed by atoms with Crippen molar-refractivity contribution in [1.82, 2.24) is 4.98 Å². The van der Waals surface area contributed by atoms with Gasteiger partial charge in [0.1, 0.15) is 5.69 Å². The highest BCUT2D eigenvalue weighted by molar-refractivity contribution is 9.10. The van der Waals surface area contributed by atoms with Gasteiger partial charge in [-0.15, -0.1) is 4.91 Å². The lowest BCUT2D eigenvalue weighted by Crippen LogP contribution is -2.09. The molecule has 0 aliphatic rings. The Morgan fingerprint density at radius 1 is 1.30 bits per heavy atom. The van der Waals surface area contributed by atoms with E-state index >= 15 is 0 Å². The van der Waals surface area contributed by atoms with Crippen molar-refractivity contribution >= 4 is 27.6 Å². The van der Waals surface area contributed by atoms with Crippen molar-refractivity contribution < 1.29 is 9.53 Å². The minimum absolute atomic E-state index is 0.0126. The van der Waals surface area contributed by atoms with Gasteiger partial charge in [-0.25, -0.2) is 9.78 Å². The number of hydrogen-bond acceptors (Lipinski definition) is 5. The number of carbonyl (C=O) groups excluding carboxylic acids is 1. The maximum atomic E-state index is 12.1. The smallest absolute Gasteiger partial charge is 0.359 e. The van der Waals surface area contributed by atoms with Crippen molar-refractivity contribution in [3.63, 3.8) is 0 Å². The van der Waals surface area contributed by atoms with Crippen LogP contribution < -0.4 is 0 Å². The molecule has 0 aliphatic heterocycles. The van der Waals surface area contributed by atoms with Crippen LogP contribution in [0, 0.1) is 11.8 Å². The molecule has 2 aromatic rings. The van der Waals surface area contributed by atoms with Gasteiger partial charge in [-0.05, 0) is 42.3 Å². The van der Waals surface area contributed by atoms with Crippen molar-refractivity contribution in [3.05, 3.63) is 51.0 Å². The van der Waals surface area contributed by atoms with Gasteiger partial charge in [0.2, 0.25) is 0 Å². The number of aryl methyl sites for hydroxylation is 1.